The van der Waals surface area contributed by atoms with Crippen LogP contribution < -0.4 is 20.3 Å². The number of carbonyl (C=O) groups is 2. The van der Waals surface area contributed by atoms with E-state index in [0.717, 1.165) is 0 Å². The van der Waals surface area contributed by atoms with Crippen LogP contribution in [0.5, 0.6) is 11.5 Å². The number of nitrogens with one attached hydrogen (secondary N) is 1. The van der Waals surface area contributed by atoms with Crippen LogP contribution in [0.15, 0.2) is 23.3 Å². The number of hydrogen-bond donors (Lipinski definition) is 1. The molecule has 0 saturated carbocycles. The van der Waals surface area contributed by atoms with E-state index in [0.29, 0.717) is 35.6 Å². The van der Waals surface area contributed by atoms with Crippen LogP contribution in [0, 0.1) is 10.8 Å². The Hall–Kier alpha value is -2.94. The molecule has 176 valence electrons. The highest BCUT2D eigenvalue weighted by molar-refractivity contribution is 5.85. The number of fused-ring (bicyclic) bond motifs is 1. The monoisotopic (exact) mass is 447 g/mol. The lowest BCUT2D eigenvalue weighted by Crippen LogP contribution is -2.34. The summed E-state index contributed by atoms with van der Waals surface area (Å²) in [6, 6.07) is 3.18. The van der Waals surface area contributed by atoms with Gasteiger partial charge in [-0.25, -0.2) is 4.98 Å². The fourth-order valence-corrected chi connectivity index (χ4v) is 2.58. The lowest BCUT2D eigenvalue weighted by molar-refractivity contribution is -0.157. The third-order valence-corrected chi connectivity index (χ3v) is 4.72. The largest absolute Gasteiger partial charge is 0.493 e. The van der Waals surface area contributed by atoms with Crippen LogP contribution in [0.2, 0.25) is 0 Å². The molecular formula is C23H33N3O6. The minimum absolute atomic E-state index is 0.120. The molecule has 9 nitrogen and oxygen atoms in total. The fourth-order valence-electron chi connectivity index (χ4n) is 2.58. The predicted octanol–water partition coefficient (Wildman–Crippen LogP) is 2.54. The molecule has 0 atom stereocenters. The Morgan fingerprint density at radius 2 is 1.75 bits per heavy atom. The van der Waals surface area contributed by atoms with Gasteiger partial charge in [-0.05, 0) is 26.8 Å². The summed E-state index contributed by atoms with van der Waals surface area (Å²) in [5.41, 5.74) is -0.985. The number of methoxy groups -OCH3 is 1. The molecule has 0 aliphatic carbocycles. The van der Waals surface area contributed by atoms with E-state index in [4.69, 9.17) is 14.2 Å². The zero-order valence-electron chi connectivity index (χ0n) is 19.9. The van der Waals surface area contributed by atoms with Crippen molar-refractivity contribution < 1.29 is 23.8 Å². The summed E-state index contributed by atoms with van der Waals surface area (Å²) in [4.78, 5) is 41.0. The van der Waals surface area contributed by atoms with Gasteiger partial charge < -0.3 is 19.5 Å². The van der Waals surface area contributed by atoms with Crippen molar-refractivity contribution in [3.8, 4) is 11.5 Å². The smallest absolute Gasteiger partial charge is 0.312 e. The highest BCUT2D eigenvalue weighted by Gasteiger charge is 2.23. The van der Waals surface area contributed by atoms with E-state index in [-0.39, 0.29) is 30.0 Å². The summed E-state index contributed by atoms with van der Waals surface area (Å²) >= 11 is 0. The van der Waals surface area contributed by atoms with Crippen LogP contribution in [0.4, 0.5) is 0 Å². The molecule has 0 amide bonds. The van der Waals surface area contributed by atoms with Gasteiger partial charge in [-0.2, -0.15) is 0 Å². The summed E-state index contributed by atoms with van der Waals surface area (Å²) in [6.07, 6.45) is 1.33. The maximum atomic E-state index is 12.8. The molecule has 0 fully saturated rings. The van der Waals surface area contributed by atoms with Crippen molar-refractivity contribution in [2.75, 3.05) is 26.8 Å². The number of ether oxygens (including phenoxy) is 3. The molecule has 0 aliphatic rings. The molecule has 1 heterocycles. The number of esters is 1. The lowest BCUT2D eigenvalue weighted by atomic mass is 9.91. The van der Waals surface area contributed by atoms with Crippen molar-refractivity contribution in [3.63, 3.8) is 0 Å². The van der Waals surface area contributed by atoms with Crippen LogP contribution in [0.25, 0.3) is 10.9 Å². The van der Waals surface area contributed by atoms with Crippen LogP contribution in [0.1, 0.15) is 41.5 Å². The molecule has 1 aromatic carbocycles. The average Bonchev–Trinajstić information content (AvgIpc) is 2.70. The molecule has 0 spiro atoms. The Morgan fingerprint density at radius 3 is 2.34 bits per heavy atom. The summed E-state index contributed by atoms with van der Waals surface area (Å²) < 4.78 is 17.6. The van der Waals surface area contributed by atoms with Crippen molar-refractivity contribution in [1.29, 1.82) is 0 Å². The maximum absolute atomic E-state index is 12.8. The number of benzene rings is 1. The van der Waals surface area contributed by atoms with Crippen LogP contribution in [-0.4, -0.2) is 48.1 Å². The molecule has 2 aromatic rings. The van der Waals surface area contributed by atoms with E-state index in [1.54, 1.807) is 32.9 Å². The minimum Gasteiger partial charge on any atom is -0.493 e. The van der Waals surface area contributed by atoms with Crippen LogP contribution >= 0.6 is 0 Å². The predicted molar refractivity (Wildman–Crippen MR) is 121 cm³/mol. The van der Waals surface area contributed by atoms with E-state index in [1.807, 2.05) is 20.8 Å². The topological polar surface area (TPSA) is 109 Å². The molecule has 0 bridgehead atoms. The first-order valence-electron chi connectivity index (χ1n) is 10.5. The summed E-state index contributed by atoms with van der Waals surface area (Å²) in [6.45, 7) is 11.7. The number of Topliss-reactive ketones (excluding diaryl/α,β-unsaturated/α-hetero) is 1. The van der Waals surface area contributed by atoms with Gasteiger partial charge in [0.1, 0.15) is 12.9 Å². The van der Waals surface area contributed by atoms with Crippen molar-refractivity contribution in [2.24, 2.45) is 10.8 Å². The zero-order chi connectivity index (χ0) is 24.1. The Bertz CT molecular complexity index is 1030. The first kappa shape index (κ1) is 25.3. The summed E-state index contributed by atoms with van der Waals surface area (Å²) in [5.74, 6) is 0.525. The van der Waals surface area contributed by atoms with Crippen molar-refractivity contribution >= 4 is 22.7 Å². The Kier molecular flexibility index (Phi) is 8.01. The van der Waals surface area contributed by atoms with Crippen LogP contribution in [0.3, 0.4) is 0 Å². The van der Waals surface area contributed by atoms with E-state index in [2.05, 4.69) is 10.3 Å². The van der Waals surface area contributed by atoms with Gasteiger partial charge in [-0.15, -0.1) is 0 Å². The minimum atomic E-state index is -0.668. The van der Waals surface area contributed by atoms with Crippen LogP contribution in [-0.2, 0) is 21.1 Å². The second-order valence-electron chi connectivity index (χ2n) is 9.55. The second kappa shape index (κ2) is 10.1. The summed E-state index contributed by atoms with van der Waals surface area (Å²) in [5, 5.41) is 3.38. The third-order valence-electron chi connectivity index (χ3n) is 4.72. The molecule has 9 heteroatoms. The first-order valence-corrected chi connectivity index (χ1v) is 10.5. The molecule has 0 aliphatic heterocycles. The molecule has 32 heavy (non-hydrogen) atoms. The van der Waals surface area contributed by atoms with Gasteiger partial charge in [0, 0.05) is 18.0 Å². The third kappa shape index (κ3) is 6.53. The average molecular weight is 448 g/mol. The fraction of sp³-hybridized carbons (Fsp3) is 0.565. The molecule has 2 rings (SSSR count). The second-order valence-corrected chi connectivity index (χ2v) is 9.55. The number of ketones is 1. The number of hydrogen-bond acceptors (Lipinski definition) is 8. The van der Waals surface area contributed by atoms with E-state index in [1.165, 1.54) is 18.0 Å². The molecule has 1 aromatic heterocycles. The van der Waals surface area contributed by atoms with E-state index < -0.39 is 11.4 Å². The Morgan fingerprint density at radius 1 is 1.06 bits per heavy atom. The van der Waals surface area contributed by atoms with E-state index >= 15 is 0 Å². The quantitative estimate of drug-likeness (QED) is 0.461. The Labute approximate surface area is 188 Å². The number of nitrogens with zero attached hydrogens (tertiary/aromatic N) is 2. The van der Waals surface area contributed by atoms with Crippen molar-refractivity contribution in [1.82, 2.24) is 14.9 Å². The van der Waals surface area contributed by atoms with E-state index in [9.17, 15) is 14.4 Å². The molecule has 0 saturated heterocycles. The highest BCUT2D eigenvalue weighted by Crippen LogP contribution is 2.30. The van der Waals surface area contributed by atoms with Gasteiger partial charge in [0.25, 0.3) is 5.56 Å². The molecule has 0 unspecified atom stereocenters. The van der Waals surface area contributed by atoms with Gasteiger partial charge in [-0.1, -0.05) is 20.8 Å². The maximum Gasteiger partial charge on any atom is 0.312 e. The number of rotatable bonds is 9. The number of aromatic nitrogens is 2. The number of carbonyl (C=O) groups excluding carboxylic acids is 2. The SMILES string of the molecule is COc1cc2c(=O)n(COC(=O)C(C)(C)C)cnc2cc1OCCNCC(=O)C(C)(C)C. The molecule has 1 N–H and O–H groups in total. The standard InChI is InChI=1S/C23H33N3O6/c1-22(2,3)19(27)12-24-8-9-31-18-11-16-15(10-17(18)30-7)20(28)26(13-25-16)14-32-21(29)23(4,5)6/h10-11,13,24H,8-9,12,14H2,1-7H3. The lowest BCUT2D eigenvalue weighted by Gasteiger charge is -2.17. The summed E-state index contributed by atoms with van der Waals surface area (Å²) in [7, 11) is 1.48. The van der Waals surface area contributed by atoms with Gasteiger partial charge in [-0.3, -0.25) is 19.0 Å². The zero-order valence-corrected chi connectivity index (χ0v) is 19.9. The first-order chi connectivity index (χ1) is 14.8. The normalized spacial score (nSPS) is 12.0. The van der Waals surface area contributed by atoms with Gasteiger partial charge in [0.15, 0.2) is 24.0 Å². The Balaban J connectivity index is 2.09. The van der Waals surface area contributed by atoms with Crippen molar-refractivity contribution in [2.45, 2.75) is 48.3 Å². The molecule has 0 radical (unpaired) electrons. The van der Waals surface area contributed by atoms with Gasteiger partial charge >= 0.3 is 5.97 Å². The van der Waals surface area contributed by atoms with Gasteiger partial charge in [0.2, 0.25) is 0 Å². The van der Waals surface area contributed by atoms with Crippen molar-refractivity contribution in [3.05, 3.63) is 28.8 Å². The highest BCUT2D eigenvalue weighted by atomic mass is 16.5. The molecular weight excluding hydrogens is 414 g/mol. The van der Waals surface area contributed by atoms with Gasteiger partial charge in [0.05, 0.1) is 30.0 Å².